The highest BCUT2D eigenvalue weighted by molar-refractivity contribution is 6.30. The van der Waals surface area contributed by atoms with Gasteiger partial charge < -0.3 is 0 Å². The van der Waals surface area contributed by atoms with E-state index in [2.05, 4.69) is 31.2 Å². The molecule has 0 heterocycles. The molecule has 0 amide bonds. The Hall–Kier alpha value is -2.26. The number of benzene rings is 3. The van der Waals surface area contributed by atoms with Crippen LogP contribution in [0.4, 0.5) is 13.2 Å². The Morgan fingerprint density at radius 1 is 0.686 bits per heavy atom. The van der Waals surface area contributed by atoms with Gasteiger partial charge >= 0.3 is 0 Å². The van der Waals surface area contributed by atoms with Crippen LogP contribution in [0.3, 0.4) is 0 Å². The minimum atomic E-state index is -0.781. The van der Waals surface area contributed by atoms with Gasteiger partial charge in [0, 0.05) is 0 Å². The number of aryl methyl sites for hydroxylation is 4. The molecular formula is C31H34ClF3. The molecule has 0 spiro atoms. The fraction of sp³-hybridized carbons (Fsp3) is 0.419. The number of hydrogen-bond donors (Lipinski definition) is 0. The minimum absolute atomic E-state index is 0.243. The summed E-state index contributed by atoms with van der Waals surface area (Å²) in [5, 5.41) is -0.501. The second-order valence-corrected chi connectivity index (χ2v) is 10.4. The van der Waals surface area contributed by atoms with Crippen LogP contribution in [-0.4, -0.2) is 0 Å². The Morgan fingerprint density at radius 3 is 1.94 bits per heavy atom. The van der Waals surface area contributed by atoms with Crippen molar-refractivity contribution in [1.29, 1.82) is 0 Å². The summed E-state index contributed by atoms with van der Waals surface area (Å²) in [6, 6.07) is 17.1. The first kappa shape index (κ1) is 25.8. The predicted molar refractivity (Wildman–Crippen MR) is 139 cm³/mol. The highest BCUT2D eigenvalue weighted by Crippen LogP contribution is 2.37. The molecule has 3 aromatic carbocycles. The lowest BCUT2D eigenvalue weighted by molar-refractivity contribution is 0.310. The summed E-state index contributed by atoms with van der Waals surface area (Å²) in [4.78, 5) is 0. The molecule has 35 heavy (non-hydrogen) atoms. The maximum Gasteiger partial charge on any atom is 0.145 e. The van der Waals surface area contributed by atoms with Gasteiger partial charge in [-0.15, -0.1) is 0 Å². The van der Waals surface area contributed by atoms with Gasteiger partial charge in [0.1, 0.15) is 22.5 Å². The third kappa shape index (κ3) is 6.91. The summed E-state index contributed by atoms with van der Waals surface area (Å²) in [5.41, 5.74) is 4.96. The zero-order valence-corrected chi connectivity index (χ0v) is 21.2. The molecule has 0 bridgehead atoms. The van der Waals surface area contributed by atoms with Crippen LogP contribution in [-0.2, 0) is 25.7 Å². The third-order valence-corrected chi connectivity index (χ3v) is 7.88. The summed E-state index contributed by atoms with van der Waals surface area (Å²) in [7, 11) is 0. The smallest absolute Gasteiger partial charge is 0.145 e. The third-order valence-electron chi connectivity index (χ3n) is 7.52. The van der Waals surface area contributed by atoms with Crippen LogP contribution in [0.2, 0.25) is 5.02 Å². The number of halogens is 4. The van der Waals surface area contributed by atoms with Gasteiger partial charge in [0.2, 0.25) is 0 Å². The quantitative estimate of drug-likeness (QED) is 0.258. The van der Waals surface area contributed by atoms with Gasteiger partial charge in [-0.2, -0.15) is 0 Å². The van der Waals surface area contributed by atoms with E-state index in [9.17, 15) is 13.2 Å². The van der Waals surface area contributed by atoms with E-state index in [4.69, 9.17) is 11.6 Å². The highest BCUT2D eigenvalue weighted by atomic mass is 35.5. The molecule has 186 valence electrons. The van der Waals surface area contributed by atoms with Crippen molar-refractivity contribution in [1.82, 2.24) is 0 Å². The molecule has 0 aromatic heterocycles. The lowest BCUT2D eigenvalue weighted by Gasteiger charge is -2.29. The van der Waals surface area contributed by atoms with Crippen molar-refractivity contribution in [2.45, 2.75) is 77.0 Å². The zero-order chi connectivity index (χ0) is 24.8. The van der Waals surface area contributed by atoms with Gasteiger partial charge in [-0.3, -0.25) is 0 Å². The average Bonchev–Trinajstić information content (AvgIpc) is 2.86. The molecule has 1 fully saturated rings. The molecule has 0 nitrogen and oxygen atoms in total. The van der Waals surface area contributed by atoms with Crippen LogP contribution in [0.25, 0.3) is 0 Å². The Kier molecular flexibility index (Phi) is 8.94. The predicted octanol–water partition coefficient (Wildman–Crippen LogP) is 9.40. The van der Waals surface area contributed by atoms with Gasteiger partial charge in [0.05, 0.1) is 0 Å². The molecule has 1 aliphatic carbocycles. The van der Waals surface area contributed by atoms with Crippen LogP contribution in [0, 0.1) is 23.4 Å². The lowest BCUT2D eigenvalue weighted by atomic mass is 9.77. The molecule has 0 aliphatic heterocycles. The molecular weight excluding hydrogens is 465 g/mol. The maximum absolute atomic E-state index is 14.7. The fourth-order valence-corrected chi connectivity index (χ4v) is 5.49. The van der Waals surface area contributed by atoms with E-state index < -0.39 is 16.7 Å². The number of hydrogen-bond acceptors (Lipinski definition) is 0. The summed E-state index contributed by atoms with van der Waals surface area (Å²) in [6.45, 7) is 2.22. The Morgan fingerprint density at radius 2 is 1.31 bits per heavy atom. The maximum atomic E-state index is 14.7. The van der Waals surface area contributed by atoms with Crippen LogP contribution in [0.5, 0.6) is 0 Å². The van der Waals surface area contributed by atoms with E-state index >= 15 is 0 Å². The van der Waals surface area contributed by atoms with E-state index in [0.717, 1.165) is 24.8 Å². The lowest BCUT2D eigenvalue weighted by Crippen LogP contribution is -2.14. The van der Waals surface area contributed by atoms with Gasteiger partial charge in [-0.1, -0.05) is 61.3 Å². The van der Waals surface area contributed by atoms with Crippen LogP contribution >= 0.6 is 11.6 Å². The largest absolute Gasteiger partial charge is 0.207 e. The first-order chi connectivity index (χ1) is 16.9. The molecule has 0 unspecified atom stereocenters. The van der Waals surface area contributed by atoms with Gasteiger partial charge in [0.15, 0.2) is 0 Å². The topological polar surface area (TPSA) is 0 Å². The normalized spacial score (nSPS) is 18.1. The first-order valence-electron chi connectivity index (χ1n) is 12.9. The average molecular weight is 499 g/mol. The first-order valence-corrected chi connectivity index (χ1v) is 13.3. The molecule has 4 heteroatoms. The molecule has 0 saturated heterocycles. The van der Waals surface area contributed by atoms with Gasteiger partial charge in [0.25, 0.3) is 0 Å². The van der Waals surface area contributed by atoms with Crippen molar-refractivity contribution >= 4 is 11.6 Å². The Labute approximate surface area is 212 Å². The molecule has 1 aliphatic rings. The highest BCUT2D eigenvalue weighted by Gasteiger charge is 2.22. The molecule has 4 rings (SSSR count). The van der Waals surface area contributed by atoms with Gasteiger partial charge in [-0.05, 0) is 116 Å². The van der Waals surface area contributed by atoms with E-state index in [1.165, 1.54) is 55.4 Å². The van der Waals surface area contributed by atoms with Crippen molar-refractivity contribution in [3.8, 4) is 0 Å². The van der Waals surface area contributed by atoms with Crippen LogP contribution in [0.15, 0.2) is 54.6 Å². The molecule has 0 N–H and O–H groups in total. The monoisotopic (exact) mass is 498 g/mol. The van der Waals surface area contributed by atoms with E-state index in [1.54, 1.807) is 6.07 Å². The molecule has 1 saturated carbocycles. The van der Waals surface area contributed by atoms with Crippen molar-refractivity contribution in [2.24, 2.45) is 5.92 Å². The minimum Gasteiger partial charge on any atom is -0.207 e. The van der Waals surface area contributed by atoms with Gasteiger partial charge in [-0.25, -0.2) is 13.2 Å². The molecule has 0 radical (unpaired) electrons. The second kappa shape index (κ2) is 12.1. The second-order valence-electron chi connectivity index (χ2n) is 10.0. The summed E-state index contributed by atoms with van der Waals surface area (Å²) in [5.74, 6) is -0.440. The Bertz CT molecular complexity index is 1090. The van der Waals surface area contributed by atoms with E-state index in [1.807, 2.05) is 12.1 Å². The SMILES string of the molecule is CCCc1ccc(C2CCC(CCc3ccc(CCc4cc(F)c(Cl)c(F)c4)c(F)c3)CC2)cc1. The van der Waals surface area contributed by atoms with Crippen molar-refractivity contribution in [2.75, 3.05) is 0 Å². The zero-order valence-electron chi connectivity index (χ0n) is 20.4. The fourth-order valence-electron chi connectivity index (χ4n) is 5.38. The van der Waals surface area contributed by atoms with E-state index in [-0.39, 0.29) is 5.82 Å². The summed E-state index contributed by atoms with van der Waals surface area (Å²) >= 11 is 5.54. The van der Waals surface area contributed by atoms with Crippen molar-refractivity contribution < 1.29 is 13.2 Å². The molecule has 3 aromatic rings. The standard InChI is InChI=1S/C31H34ClF3/c1-2-3-21-6-12-25(13-7-21)26-14-8-22(9-15-26)4-5-23-10-16-27(28(33)18-23)17-11-24-19-29(34)31(32)30(35)20-24/h6-7,10,12-13,16,18-20,22,26H,2-5,8-9,11,14-15,17H2,1H3. The number of rotatable bonds is 9. The van der Waals surface area contributed by atoms with E-state index in [0.29, 0.717) is 35.8 Å². The summed E-state index contributed by atoms with van der Waals surface area (Å²) in [6.07, 6.45) is 9.97. The van der Waals surface area contributed by atoms with Crippen molar-refractivity contribution in [3.05, 3.63) is 105 Å². The van der Waals surface area contributed by atoms with Crippen LogP contribution < -0.4 is 0 Å². The van der Waals surface area contributed by atoms with Crippen LogP contribution in [0.1, 0.15) is 79.2 Å². The summed E-state index contributed by atoms with van der Waals surface area (Å²) < 4.78 is 42.0. The van der Waals surface area contributed by atoms with Crippen molar-refractivity contribution in [3.63, 3.8) is 0 Å². The Balaban J connectivity index is 1.24. The molecule has 0 atom stereocenters.